The van der Waals surface area contributed by atoms with Crippen molar-refractivity contribution in [3.63, 3.8) is 0 Å². The fourth-order valence-corrected chi connectivity index (χ4v) is 1.82. The number of ketones is 1. The Morgan fingerprint density at radius 2 is 1.70 bits per heavy atom. The summed E-state index contributed by atoms with van der Waals surface area (Å²) in [6, 6.07) is 5.35. The van der Waals surface area contributed by atoms with E-state index in [4.69, 9.17) is 9.47 Å². The Balaban J connectivity index is 2.99. The Bertz CT molecular complexity index is 542. The monoisotopic (exact) mass is 321 g/mol. The van der Waals surface area contributed by atoms with Gasteiger partial charge in [0, 0.05) is 6.07 Å². The van der Waals surface area contributed by atoms with E-state index in [0.717, 1.165) is 12.8 Å². The maximum absolute atomic E-state index is 11.9. The van der Waals surface area contributed by atoms with E-state index in [0.29, 0.717) is 17.2 Å². The minimum atomic E-state index is -0.354. The SMILES string of the molecule is CCC(C)Oc1ccc(OC(C)CC)c(NC(=O)CC(C)=O)c1. The third kappa shape index (κ3) is 6.72. The molecule has 0 aliphatic rings. The molecule has 1 aromatic rings. The van der Waals surface area contributed by atoms with Gasteiger partial charge in [-0.25, -0.2) is 0 Å². The molecule has 0 fully saturated rings. The second-order valence-corrected chi connectivity index (χ2v) is 5.76. The highest BCUT2D eigenvalue weighted by atomic mass is 16.5. The highest BCUT2D eigenvalue weighted by Gasteiger charge is 2.14. The molecule has 0 aromatic heterocycles. The summed E-state index contributed by atoms with van der Waals surface area (Å²) in [5.41, 5.74) is 0.525. The minimum absolute atomic E-state index is 0.0276. The number of hydrogen-bond donors (Lipinski definition) is 1. The predicted octanol–water partition coefficient (Wildman–Crippen LogP) is 3.96. The van der Waals surface area contributed by atoms with Crippen molar-refractivity contribution in [2.75, 3.05) is 5.32 Å². The van der Waals surface area contributed by atoms with Crippen LogP contribution in [0.5, 0.6) is 11.5 Å². The molecule has 0 saturated heterocycles. The Hall–Kier alpha value is -2.04. The number of Topliss-reactive ketones (excluding diaryl/α,β-unsaturated/α-hetero) is 1. The van der Waals surface area contributed by atoms with Crippen LogP contribution in [0.3, 0.4) is 0 Å². The van der Waals surface area contributed by atoms with Crippen molar-refractivity contribution in [2.24, 2.45) is 0 Å². The van der Waals surface area contributed by atoms with Gasteiger partial charge in [0.2, 0.25) is 5.91 Å². The zero-order valence-electron chi connectivity index (χ0n) is 14.6. The molecule has 0 saturated carbocycles. The minimum Gasteiger partial charge on any atom is -0.491 e. The summed E-state index contributed by atoms with van der Waals surface area (Å²) in [6.07, 6.45) is 1.69. The fraction of sp³-hybridized carbons (Fsp3) is 0.556. The summed E-state index contributed by atoms with van der Waals surface area (Å²) in [7, 11) is 0. The van der Waals surface area contributed by atoms with Gasteiger partial charge in [-0.05, 0) is 45.7 Å². The Morgan fingerprint density at radius 1 is 1.09 bits per heavy atom. The molecule has 2 unspecified atom stereocenters. The van der Waals surface area contributed by atoms with Gasteiger partial charge < -0.3 is 14.8 Å². The van der Waals surface area contributed by atoms with Crippen molar-refractivity contribution in [2.45, 2.75) is 66.1 Å². The number of rotatable bonds is 9. The van der Waals surface area contributed by atoms with Crippen LogP contribution in [0.2, 0.25) is 0 Å². The molecule has 2 atom stereocenters. The number of ether oxygens (including phenoxy) is 2. The lowest BCUT2D eigenvalue weighted by Crippen LogP contribution is -2.17. The van der Waals surface area contributed by atoms with Crippen molar-refractivity contribution in [1.29, 1.82) is 0 Å². The van der Waals surface area contributed by atoms with Gasteiger partial charge in [-0.15, -0.1) is 0 Å². The molecule has 0 aliphatic carbocycles. The smallest absolute Gasteiger partial charge is 0.231 e. The number of hydrogen-bond acceptors (Lipinski definition) is 4. The zero-order valence-corrected chi connectivity index (χ0v) is 14.6. The number of carbonyl (C=O) groups excluding carboxylic acids is 2. The van der Waals surface area contributed by atoms with Crippen LogP contribution in [0.15, 0.2) is 18.2 Å². The first-order valence-electron chi connectivity index (χ1n) is 8.12. The molecular formula is C18H27NO4. The van der Waals surface area contributed by atoms with Gasteiger partial charge in [-0.2, -0.15) is 0 Å². The van der Waals surface area contributed by atoms with Gasteiger partial charge in [-0.3, -0.25) is 9.59 Å². The van der Waals surface area contributed by atoms with Gasteiger partial charge >= 0.3 is 0 Å². The molecule has 128 valence electrons. The van der Waals surface area contributed by atoms with Gasteiger partial charge in [-0.1, -0.05) is 13.8 Å². The molecule has 0 radical (unpaired) electrons. The maximum atomic E-state index is 11.9. The highest BCUT2D eigenvalue weighted by Crippen LogP contribution is 2.31. The van der Waals surface area contributed by atoms with E-state index >= 15 is 0 Å². The number of amides is 1. The molecule has 1 rings (SSSR count). The zero-order chi connectivity index (χ0) is 17.4. The standard InChI is InChI=1S/C18H27NO4/c1-6-13(4)22-15-8-9-17(23-14(5)7-2)16(11-15)19-18(21)10-12(3)20/h8-9,11,13-14H,6-7,10H2,1-5H3,(H,19,21). The lowest BCUT2D eigenvalue weighted by molar-refractivity contribution is -0.124. The summed E-state index contributed by atoms with van der Waals surface area (Å²) in [4.78, 5) is 23.0. The normalized spacial score (nSPS) is 13.1. The molecule has 1 N–H and O–H groups in total. The number of benzene rings is 1. The quantitative estimate of drug-likeness (QED) is 0.699. The molecule has 0 heterocycles. The maximum Gasteiger partial charge on any atom is 0.231 e. The lowest BCUT2D eigenvalue weighted by Gasteiger charge is -2.19. The van der Waals surface area contributed by atoms with Crippen molar-refractivity contribution in [3.8, 4) is 11.5 Å². The summed E-state index contributed by atoms with van der Waals surface area (Å²) in [6.45, 7) is 9.40. The van der Waals surface area contributed by atoms with Crippen LogP contribution in [0.25, 0.3) is 0 Å². The molecule has 23 heavy (non-hydrogen) atoms. The lowest BCUT2D eigenvalue weighted by atomic mass is 10.2. The van der Waals surface area contributed by atoms with Crippen molar-refractivity contribution in [1.82, 2.24) is 0 Å². The van der Waals surface area contributed by atoms with Crippen LogP contribution in [0.1, 0.15) is 53.9 Å². The topological polar surface area (TPSA) is 64.6 Å². The van der Waals surface area contributed by atoms with Crippen LogP contribution in [0, 0.1) is 0 Å². The van der Waals surface area contributed by atoms with E-state index in [1.54, 1.807) is 12.1 Å². The third-order valence-electron chi connectivity index (χ3n) is 3.45. The van der Waals surface area contributed by atoms with E-state index in [1.165, 1.54) is 6.92 Å². The third-order valence-corrected chi connectivity index (χ3v) is 3.45. The van der Waals surface area contributed by atoms with E-state index in [9.17, 15) is 9.59 Å². The van der Waals surface area contributed by atoms with E-state index in [2.05, 4.69) is 5.32 Å². The van der Waals surface area contributed by atoms with Crippen LogP contribution in [-0.4, -0.2) is 23.9 Å². The summed E-state index contributed by atoms with van der Waals surface area (Å²) in [5, 5.41) is 2.74. The Morgan fingerprint density at radius 3 is 2.26 bits per heavy atom. The molecule has 5 nitrogen and oxygen atoms in total. The van der Waals surface area contributed by atoms with Gasteiger partial charge in [0.25, 0.3) is 0 Å². The Labute approximate surface area is 138 Å². The fourth-order valence-electron chi connectivity index (χ4n) is 1.82. The summed E-state index contributed by atoms with van der Waals surface area (Å²) >= 11 is 0. The van der Waals surface area contributed by atoms with Crippen LogP contribution in [-0.2, 0) is 9.59 Å². The molecule has 0 aliphatic heterocycles. The van der Waals surface area contributed by atoms with Crippen LogP contribution < -0.4 is 14.8 Å². The molecule has 1 amide bonds. The number of carbonyl (C=O) groups is 2. The molecule has 5 heteroatoms. The van der Waals surface area contributed by atoms with Gasteiger partial charge in [0.15, 0.2) is 0 Å². The van der Waals surface area contributed by atoms with E-state index < -0.39 is 0 Å². The summed E-state index contributed by atoms with van der Waals surface area (Å²) < 4.78 is 11.6. The van der Waals surface area contributed by atoms with Gasteiger partial charge in [0.05, 0.1) is 24.3 Å². The molecule has 1 aromatic carbocycles. The van der Waals surface area contributed by atoms with Crippen LogP contribution >= 0.6 is 0 Å². The van der Waals surface area contributed by atoms with Crippen molar-refractivity contribution >= 4 is 17.4 Å². The average molecular weight is 321 g/mol. The predicted molar refractivity (Wildman–Crippen MR) is 91.1 cm³/mol. The second kappa shape index (κ2) is 9.18. The number of nitrogens with one attached hydrogen (secondary N) is 1. The van der Waals surface area contributed by atoms with Crippen molar-refractivity contribution < 1.29 is 19.1 Å². The molecule has 0 spiro atoms. The first-order valence-corrected chi connectivity index (χ1v) is 8.12. The van der Waals surface area contributed by atoms with E-state index in [-0.39, 0.29) is 30.3 Å². The van der Waals surface area contributed by atoms with E-state index in [1.807, 2.05) is 33.8 Å². The Kier molecular flexibility index (Phi) is 7.59. The second-order valence-electron chi connectivity index (χ2n) is 5.76. The van der Waals surface area contributed by atoms with Crippen LogP contribution in [0.4, 0.5) is 5.69 Å². The molecular weight excluding hydrogens is 294 g/mol. The summed E-state index contributed by atoms with van der Waals surface area (Å²) in [5.74, 6) is 0.702. The first kappa shape index (κ1) is 19.0. The number of anilines is 1. The highest BCUT2D eigenvalue weighted by molar-refractivity contribution is 6.04. The largest absolute Gasteiger partial charge is 0.491 e. The molecule has 0 bridgehead atoms. The first-order chi connectivity index (χ1) is 10.8. The average Bonchev–Trinajstić information content (AvgIpc) is 2.48. The van der Waals surface area contributed by atoms with Crippen molar-refractivity contribution in [3.05, 3.63) is 18.2 Å². The van der Waals surface area contributed by atoms with Gasteiger partial charge in [0.1, 0.15) is 17.3 Å².